The Bertz CT molecular complexity index is 739. The van der Waals surface area contributed by atoms with Crippen molar-refractivity contribution in [1.82, 2.24) is 5.32 Å². The Labute approximate surface area is 150 Å². The highest BCUT2D eigenvalue weighted by atomic mass is 31.2. The number of Topliss-reactive ketones (excluding diaryl/α,β-unsaturated/α-hetero) is 2. The largest absolute Gasteiger partial charge is 0.370 e. The number of hydrogen-bond donors (Lipinski definition) is 4. The van der Waals surface area contributed by atoms with E-state index in [0.717, 1.165) is 0 Å². The van der Waals surface area contributed by atoms with Gasteiger partial charge in [-0.15, -0.1) is 0 Å². The second-order valence-corrected chi connectivity index (χ2v) is 7.45. The number of rotatable bonds is 10. The first-order valence-electron chi connectivity index (χ1n) is 7.74. The number of nitrogens with two attached hydrogens (primary N) is 1. The molecule has 26 heavy (non-hydrogen) atoms. The number of benzene rings is 1. The molecule has 0 radical (unpaired) electrons. The highest BCUT2D eigenvalue weighted by Crippen LogP contribution is 2.32. The average Bonchev–Trinajstić information content (AvgIpc) is 2.50. The molecule has 0 unspecified atom stereocenters. The fourth-order valence-corrected chi connectivity index (χ4v) is 2.74. The van der Waals surface area contributed by atoms with E-state index in [1.165, 1.54) is 31.2 Å². The summed E-state index contributed by atoms with van der Waals surface area (Å²) in [6, 6.07) is 4.35. The summed E-state index contributed by atoms with van der Waals surface area (Å²) in [7, 11) is -4.38. The molecule has 0 heterocycles. The lowest BCUT2D eigenvalue weighted by atomic mass is 9.99. The van der Waals surface area contributed by atoms with Crippen LogP contribution in [0, 0.1) is 0 Å². The molecule has 9 nitrogen and oxygen atoms in total. The van der Waals surface area contributed by atoms with Crippen LogP contribution < -0.4 is 16.4 Å². The van der Waals surface area contributed by atoms with Gasteiger partial charge >= 0.3 is 7.60 Å². The summed E-state index contributed by atoms with van der Waals surface area (Å²) >= 11 is 0. The molecule has 0 aliphatic heterocycles. The molecule has 10 heteroatoms. The van der Waals surface area contributed by atoms with Gasteiger partial charge in [-0.05, 0) is 31.0 Å². The predicted octanol–water partition coefficient (Wildman–Crippen LogP) is -0.669. The van der Waals surface area contributed by atoms with Gasteiger partial charge in [0.05, 0.1) is 17.8 Å². The minimum absolute atomic E-state index is 0.0443. The molecule has 0 saturated carbocycles. The number of hydrogen-bond acceptors (Lipinski definition) is 5. The SMILES string of the molecule is CC(=O)CC(=O)N[C@@H](Cc1ccc(P(=O)(O)O)cc1)C(=O)CCC(N)=O. The summed E-state index contributed by atoms with van der Waals surface area (Å²) in [6.45, 7) is 1.24. The number of amides is 2. The molecule has 1 aromatic carbocycles. The third kappa shape index (κ3) is 7.69. The lowest BCUT2D eigenvalue weighted by molar-refractivity contribution is -0.131. The number of primary amides is 1. The molecule has 0 saturated heterocycles. The van der Waals surface area contributed by atoms with Crippen molar-refractivity contribution in [2.24, 2.45) is 5.73 Å². The quantitative estimate of drug-likeness (QED) is 0.307. The maximum Gasteiger partial charge on any atom is 0.356 e. The molecule has 2 amide bonds. The second-order valence-electron chi connectivity index (χ2n) is 5.85. The van der Waals surface area contributed by atoms with Crippen LogP contribution in [-0.4, -0.2) is 39.2 Å². The van der Waals surface area contributed by atoms with Gasteiger partial charge in [-0.2, -0.15) is 0 Å². The van der Waals surface area contributed by atoms with Crippen molar-refractivity contribution in [2.75, 3.05) is 0 Å². The number of nitrogens with one attached hydrogen (secondary N) is 1. The van der Waals surface area contributed by atoms with E-state index in [-0.39, 0.29) is 36.8 Å². The van der Waals surface area contributed by atoms with Gasteiger partial charge in [0.25, 0.3) is 0 Å². The van der Waals surface area contributed by atoms with Crippen LogP contribution in [0.4, 0.5) is 0 Å². The average molecular weight is 384 g/mol. The van der Waals surface area contributed by atoms with Crippen molar-refractivity contribution in [2.45, 2.75) is 38.6 Å². The van der Waals surface area contributed by atoms with Crippen LogP contribution in [0.1, 0.15) is 31.7 Å². The Morgan fingerprint density at radius 3 is 2.15 bits per heavy atom. The molecule has 1 atom stereocenters. The fraction of sp³-hybridized carbons (Fsp3) is 0.375. The molecular formula is C16H21N2O7P. The Kier molecular flexibility index (Phi) is 7.82. The third-order valence-electron chi connectivity index (χ3n) is 3.46. The van der Waals surface area contributed by atoms with Crippen molar-refractivity contribution in [3.63, 3.8) is 0 Å². The summed E-state index contributed by atoms with van der Waals surface area (Å²) in [5.74, 6) is -2.07. The van der Waals surface area contributed by atoms with Crippen molar-refractivity contribution < 1.29 is 33.5 Å². The predicted molar refractivity (Wildman–Crippen MR) is 92.5 cm³/mol. The van der Waals surface area contributed by atoms with Gasteiger partial charge in [-0.1, -0.05) is 12.1 Å². The minimum atomic E-state index is -4.38. The second kappa shape index (κ2) is 9.38. The Morgan fingerprint density at radius 2 is 1.69 bits per heavy atom. The molecule has 0 aromatic heterocycles. The first-order valence-corrected chi connectivity index (χ1v) is 9.35. The van der Waals surface area contributed by atoms with E-state index in [9.17, 15) is 23.7 Å². The summed E-state index contributed by atoms with van der Waals surface area (Å²) in [6.07, 6.45) is -0.671. The van der Waals surface area contributed by atoms with Crippen molar-refractivity contribution in [3.05, 3.63) is 29.8 Å². The van der Waals surface area contributed by atoms with E-state index >= 15 is 0 Å². The summed E-state index contributed by atoms with van der Waals surface area (Å²) in [5.41, 5.74) is 5.57. The normalized spacial score (nSPS) is 12.3. The first-order chi connectivity index (χ1) is 12.0. The van der Waals surface area contributed by atoms with Crippen LogP contribution in [0.5, 0.6) is 0 Å². The van der Waals surface area contributed by atoms with Crippen LogP contribution in [0.15, 0.2) is 24.3 Å². The molecule has 5 N–H and O–H groups in total. The van der Waals surface area contributed by atoms with E-state index < -0.39 is 31.2 Å². The maximum atomic E-state index is 12.3. The smallest absolute Gasteiger partial charge is 0.356 e. The molecule has 0 aliphatic carbocycles. The molecule has 0 bridgehead atoms. The maximum absolute atomic E-state index is 12.3. The molecular weight excluding hydrogens is 363 g/mol. The molecule has 0 aliphatic rings. The van der Waals surface area contributed by atoms with Crippen LogP contribution >= 0.6 is 7.60 Å². The van der Waals surface area contributed by atoms with Gasteiger partial charge < -0.3 is 20.8 Å². The molecule has 1 rings (SSSR count). The Morgan fingerprint density at radius 1 is 1.12 bits per heavy atom. The molecule has 0 spiro atoms. The monoisotopic (exact) mass is 384 g/mol. The van der Waals surface area contributed by atoms with Crippen LogP contribution in [-0.2, 0) is 30.2 Å². The standard InChI is InChI=1S/C16H21N2O7P/c1-10(19)8-16(22)18-13(14(20)6-7-15(17)21)9-11-2-4-12(5-3-11)26(23,24)25/h2-5,13H,6-9H2,1H3,(H2,17,21)(H,18,22)(H2,23,24,25)/t13-/m0/s1. The number of carbonyl (C=O) groups is 4. The molecule has 142 valence electrons. The summed E-state index contributed by atoms with van der Waals surface area (Å²) < 4.78 is 11.2. The van der Waals surface area contributed by atoms with Crippen molar-refractivity contribution in [1.29, 1.82) is 0 Å². The third-order valence-corrected chi connectivity index (χ3v) is 4.43. The zero-order valence-corrected chi connectivity index (χ0v) is 15.1. The van der Waals surface area contributed by atoms with Crippen molar-refractivity contribution in [3.8, 4) is 0 Å². The van der Waals surface area contributed by atoms with Crippen LogP contribution in [0.2, 0.25) is 0 Å². The fourth-order valence-electron chi connectivity index (χ4n) is 2.20. The van der Waals surface area contributed by atoms with E-state index in [1.54, 1.807) is 0 Å². The summed E-state index contributed by atoms with van der Waals surface area (Å²) in [4.78, 5) is 64.1. The number of carbonyl (C=O) groups excluding carboxylic acids is 4. The van der Waals surface area contributed by atoms with Crippen LogP contribution in [0.25, 0.3) is 0 Å². The molecule has 0 fully saturated rings. The lowest BCUT2D eigenvalue weighted by Crippen LogP contribution is -2.43. The van der Waals surface area contributed by atoms with E-state index in [2.05, 4.69) is 5.32 Å². The Hall–Kier alpha value is -2.35. The van der Waals surface area contributed by atoms with Gasteiger partial charge in [-0.3, -0.25) is 23.7 Å². The topological polar surface area (TPSA) is 164 Å². The van der Waals surface area contributed by atoms with Crippen LogP contribution in [0.3, 0.4) is 0 Å². The molecule has 1 aromatic rings. The summed E-state index contributed by atoms with van der Waals surface area (Å²) in [5, 5.41) is 2.28. The van der Waals surface area contributed by atoms with Gasteiger partial charge in [-0.25, -0.2) is 0 Å². The highest BCUT2D eigenvalue weighted by Gasteiger charge is 2.23. The van der Waals surface area contributed by atoms with Gasteiger partial charge in [0, 0.05) is 12.8 Å². The number of ketones is 2. The minimum Gasteiger partial charge on any atom is -0.370 e. The van der Waals surface area contributed by atoms with E-state index in [0.29, 0.717) is 5.56 Å². The van der Waals surface area contributed by atoms with Crippen molar-refractivity contribution >= 4 is 36.3 Å². The zero-order chi connectivity index (χ0) is 19.9. The van der Waals surface area contributed by atoms with E-state index in [4.69, 9.17) is 15.5 Å². The van der Waals surface area contributed by atoms with Gasteiger partial charge in [0.2, 0.25) is 11.8 Å². The zero-order valence-electron chi connectivity index (χ0n) is 14.2. The lowest BCUT2D eigenvalue weighted by Gasteiger charge is -2.18. The Balaban J connectivity index is 2.91. The van der Waals surface area contributed by atoms with E-state index in [1.807, 2.05) is 0 Å². The van der Waals surface area contributed by atoms with Gasteiger partial charge in [0.15, 0.2) is 5.78 Å². The first kappa shape index (κ1) is 21.7. The van der Waals surface area contributed by atoms with Gasteiger partial charge in [0.1, 0.15) is 5.78 Å². The highest BCUT2D eigenvalue weighted by molar-refractivity contribution is 7.60.